The predicted molar refractivity (Wildman–Crippen MR) is 87.2 cm³/mol. The first-order valence-corrected chi connectivity index (χ1v) is 8.59. The molecule has 5 nitrogen and oxygen atoms in total. The Morgan fingerprint density at radius 3 is 2.59 bits per heavy atom. The predicted octanol–water partition coefficient (Wildman–Crippen LogP) is 1.79. The minimum absolute atomic E-state index is 0.0351. The molecule has 1 saturated heterocycles. The van der Waals surface area contributed by atoms with Gasteiger partial charge in [-0.2, -0.15) is 0 Å². The lowest BCUT2D eigenvalue weighted by Crippen LogP contribution is -2.47. The molecule has 0 bridgehead atoms. The van der Waals surface area contributed by atoms with Crippen LogP contribution in [0.5, 0.6) is 0 Å². The van der Waals surface area contributed by atoms with Crippen molar-refractivity contribution < 1.29 is 14.7 Å². The molecule has 128 valence electrons. The third-order valence-electron chi connectivity index (χ3n) is 4.51. The summed E-state index contributed by atoms with van der Waals surface area (Å²) in [6.07, 6.45) is 2.92. The molecule has 1 heterocycles. The number of carbonyl (C=O) groups is 2. The molecule has 4 atom stereocenters. The zero-order valence-corrected chi connectivity index (χ0v) is 14.5. The molecule has 0 saturated carbocycles. The van der Waals surface area contributed by atoms with Crippen molar-refractivity contribution in [2.75, 3.05) is 19.6 Å². The molecule has 2 N–H and O–H groups in total. The van der Waals surface area contributed by atoms with E-state index in [9.17, 15) is 14.7 Å². The number of piperidine rings is 1. The number of nitrogens with one attached hydrogen (secondary N) is 1. The number of hydrogen-bond acceptors (Lipinski definition) is 3. The Morgan fingerprint density at radius 2 is 2.00 bits per heavy atom. The number of nitrogens with zero attached hydrogens (tertiary/aromatic N) is 1. The zero-order valence-electron chi connectivity index (χ0n) is 14.5. The lowest BCUT2D eigenvalue weighted by atomic mass is 9.95. The fraction of sp³-hybridized carbons (Fsp3) is 0.882. The van der Waals surface area contributed by atoms with E-state index in [4.69, 9.17) is 0 Å². The van der Waals surface area contributed by atoms with Gasteiger partial charge in [0.05, 0.1) is 12.0 Å². The van der Waals surface area contributed by atoms with Gasteiger partial charge < -0.3 is 15.3 Å². The molecule has 0 spiro atoms. The van der Waals surface area contributed by atoms with Crippen molar-refractivity contribution in [1.82, 2.24) is 10.2 Å². The molecule has 0 aromatic rings. The van der Waals surface area contributed by atoms with Gasteiger partial charge in [0.2, 0.25) is 11.8 Å². The molecule has 2 amide bonds. The Bertz CT molecular complexity index is 371. The van der Waals surface area contributed by atoms with Crippen molar-refractivity contribution in [3.05, 3.63) is 0 Å². The van der Waals surface area contributed by atoms with Gasteiger partial charge in [-0.3, -0.25) is 9.59 Å². The van der Waals surface area contributed by atoms with E-state index in [1.165, 1.54) is 0 Å². The van der Waals surface area contributed by atoms with E-state index in [0.717, 1.165) is 25.8 Å². The fourth-order valence-corrected chi connectivity index (χ4v) is 2.96. The van der Waals surface area contributed by atoms with Crippen LogP contribution in [-0.2, 0) is 9.59 Å². The van der Waals surface area contributed by atoms with Crippen LogP contribution >= 0.6 is 0 Å². The highest BCUT2D eigenvalue weighted by Crippen LogP contribution is 2.19. The normalized spacial score (nSPS) is 22.8. The van der Waals surface area contributed by atoms with E-state index >= 15 is 0 Å². The number of hydrogen-bond donors (Lipinski definition) is 2. The Kier molecular flexibility index (Phi) is 7.87. The molecule has 0 radical (unpaired) electrons. The van der Waals surface area contributed by atoms with Crippen LogP contribution in [0.15, 0.2) is 0 Å². The average molecular weight is 312 g/mol. The van der Waals surface area contributed by atoms with E-state index in [1.807, 2.05) is 25.7 Å². The van der Waals surface area contributed by atoms with Crippen molar-refractivity contribution in [2.45, 2.75) is 59.5 Å². The van der Waals surface area contributed by atoms with Gasteiger partial charge in [0.15, 0.2) is 0 Å². The maximum atomic E-state index is 12.3. The van der Waals surface area contributed by atoms with Crippen molar-refractivity contribution >= 4 is 11.8 Å². The summed E-state index contributed by atoms with van der Waals surface area (Å²) < 4.78 is 0. The molecule has 1 fully saturated rings. The van der Waals surface area contributed by atoms with Crippen molar-refractivity contribution in [3.8, 4) is 0 Å². The van der Waals surface area contributed by atoms with Crippen LogP contribution in [0.25, 0.3) is 0 Å². The van der Waals surface area contributed by atoms with Crippen LogP contribution in [0, 0.1) is 17.8 Å². The first-order chi connectivity index (χ1) is 10.3. The summed E-state index contributed by atoms with van der Waals surface area (Å²) in [6.45, 7) is 9.64. The van der Waals surface area contributed by atoms with Gasteiger partial charge in [-0.25, -0.2) is 0 Å². The van der Waals surface area contributed by atoms with Gasteiger partial charge in [-0.1, -0.05) is 20.8 Å². The van der Waals surface area contributed by atoms with Crippen LogP contribution < -0.4 is 5.32 Å². The quantitative estimate of drug-likeness (QED) is 0.753. The average Bonchev–Trinajstić information content (AvgIpc) is 2.50. The number of carbonyl (C=O) groups excluding carboxylic acids is 2. The van der Waals surface area contributed by atoms with Crippen molar-refractivity contribution in [3.63, 3.8) is 0 Å². The first kappa shape index (κ1) is 18.9. The lowest BCUT2D eigenvalue weighted by Gasteiger charge is -2.33. The van der Waals surface area contributed by atoms with Crippen LogP contribution in [-0.4, -0.2) is 47.6 Å². The molecule has 22 heavy (non-hydrogen) atoms. The topological polar surface area (TPSA) is 69.6 Å². The standard InChI is InChI=1S/C17H32N2O3/c1-5-13(3)17(22)19-8-6-7-15(11-19)16(21)18-10-12(2)9-14(4)20/h12-15,20H,5-11H2,1-4H3,(H,18,21). The zero-order chi connectivity index (χ0) is 16.7. The molecule has 4 unspecified atom stereocenters. The second-order valence-corrected chi connectivity index (χ2v) is 6.87. The minimum Gasteiger partial charge on any atom is -0.393 e. The number of aliphatic hydroxyl groups is 1. The molecular weight excluding hydrogens is 280 g/mol. The number of likely N-dealkylation sites (tertiary alicyclic amines) is 1. The number of amides is 2. The monoisotopic (exact) mass is 312 g/mol. The number of aliphatic hydroxyl groups excluding tert-OH is 1. The SMILES string of the molecule is CCC(C)C(=O)N1CCCC(C(=O)NCC(C)CC(C)O)C1. The van der Waals surface area contributed by atoms with Gasteiger partial charge in [-0.05, 0) is 38.5 Å². The third kappa shape index (κ3) is 5.95. The van der Waals surface area contributed by atoms with Gasteiger partial charge in [0.1, 0.15) is 0 Å². The molecule has 1 aliphatic heterocycles. The summed E-state index contributed by atoms with van der Waals surface area (Å²) in [6, 6.07) is 0. The minimum atomic E-state index is -0.342. The third-order valence-corrected chi connectivity index (χ3v) is 4.51. The molecule has 1 rings (SSSR count). The molecule has 0 aliphatic carbocycles. The maximum Gasteiger partial charge on any atom is 0.225 e. The van der Waals surface area contributed by atoms with E-state index in [-0.39, 0.29) is 35.7 Å². The fourth-order valence-electron chi connectivity index (χ4n) is 2.96. The Hall–Kier alpha value is -1.10. The Labute approximate surface area is 134 Å². The first-order valence-electron chi connectivity index (χ1n) is 8.59. The lowest BCUT2D eigenvalue weighted by molar-refractivity contribution is -0.139. The summed E-state index contributed by atoms with van der Waals surface area (Å²) in [7, 11) is 0. The van der Waals surface area contributed by atoms with Crippen LogP contribution in [0.4, 0.5) is 0 Å². The number of rotatable bonds is 7. The maximum absolute atomic E-state index is 12.3. The molecule has 0 aromatic carbocycles. The summed E-state index contributed by atoms with van der Waals surface area (Å²) in [5.74, 6) is 0.403. The summed E-state index contributed by atoms with van der Waals surface area (Å²) in [5, 5.41) is 12.3. The van der Waals surface area contributed by atoms with Gasteiger partial charge in [0.25, 0.3) is 0 Å². The second-order valence-electron chi connectivity index (χ2n) is 6.87. The summed E-state index contributed by atoms with van der Waals surface area (Å²) >= 11 is 0. The van der Waals surface area contributed by atoms with Crippen LogP contribution in [0.1, 0.15) is 53.4 Å². The van der Waals surface area contributed by atoms with E-state index in [0.29, 0.717) is 19.5 Å². The van der Waals surface area contributed by atoms with Crippen molar-refractivity contribution in [1.29, 1.82) is 0 Å². The van der Waals surface area contributed by atoms with Crippen LogP contribution in [0.3, 0.4) is 0 Å². The van der Waals surface area contributed by atoms with Gasteiger partial charge >= 0.3 is 0 Å². The Morgan fingerprint density at radius 1 is 1.32 bits per heavy atom. The van der Waals surface area contributed by atoms with Gasteiger partial charge in [0, 0.05) is 25.6 Å². The van der Waals surface area contributed by atoms with E-state index in [1.54, 1.807) is 6.92 Å². The molecule has 0 aromatic heterocycles. The van der Waals surface area contributed by atoms with E-state index in [2.05, 4.69) is 5.32 Å². The highest BCUT2D eigenvalue weighted by atomic mass is 16.3. The highest BCUT2D eigenvalue weighted by molar-refractivity contribution is 5.82. The second kappa shape index (κ2) is 9.13. The van der Waals surface area contributed by atoms with Crippen LogP contribution in [0.2, 0.25) is 0 Å². The molecule has 5 heteroatoms. The van der Waals surface area contributed by atoms with E-state index < -0.39 is 0 Å². The van der Waals surface area contributed by atoms with Crippen molar-refractivity contribution in [2.24, 2.45) is 17.8 Å². The molecule has 1 aliphatic rings. The Balaban J connectivity index is 2.44. The van der Waals surface area contributed by atoms with Gasteiger partial charge in [-0.15, -0.1) is 0 Å². The summed E-state index contributed by atoms with van der Waals surface area (Å²) in [4.78, 5) is 26.4. The smallest absolute Gasteiger partial charge is 0.225 e. The molecular formula is C17H32N2O3. The highest BCUT2D eigenvalue weighted by Gasteiger charge is 2.29. The summed E-state index contributed by atoms with van der Waals surface area (Å²) in [5.41, 5.74) is 0. The largest absolute Gasteiger partial charge is 0.393 e.